The van der Waals surface area contributed by atoms with Crippen LogP contribution in [0.5, 0.6) is 11.5 Å². The molecule has 0 spiro atoms. The van der Waals surface area contributed by atoms with Gasteiger partial charge < -0.3 is 24.6 Å². The molecule has 2 saturated heterocycles. The number of pyridine rings is 1. The van der Waals surface area contributed by atoms with Gasteiger partial charge in [0.25, 0.3) is 15.9 Å². The van der Waals surface area contributed by atoms with E-state index in [1.165, 1.54) is 23.1 Å². The number of rotatable bonds is 13. The van der Waals surface area contributed by atoms with Crippen LogP contribution in [0.25, 0.3) is 22.2 Å². The second-order valence-corrected chi connectivity index (χ2v) is 19.2. The number of benzene rings is 3. The Morgan fingerprint density at radius 2 is 1.69 bits per heavy atom. The highest BCUT2D eigenvalue weighted by Crippen LogP contribution is 2.46. The number of amides is 4. The van der Waals surface area contributed by atoms with Crippen molar-refractivity contribution >= 4 is 44.6 Å². The van der Waals surface area contributed by atoms with Crippen molar-refractivity contribution in [2.75, 3.05) is 26.7 Å². The van der Waals surface area contributed by atoms with Crippen molar-refractivity contribution in [1.29, 1.82) is 0 Å². The largest absolute Gasteiger partial charge is 0.497 e. The minimum Gasteiger partial charge on any atom is -0.497 e. The molecule has 2 N–H and O–H groups in total. The third-order valence-electron chi connectivity index (χ3n) is 12.2. The lowest BCUT2D eigenvalue weighted by Crippen LogP contribution is -2.57. The fraction of sp³-hybridized carbons (Fsp3) is 0.426. The monoisotopic (exact) mass is 849 g/mol. The van der Waals surface area contributed by atoms with Gasteiger partial charge in [0.1, 0.15) is 29.2 Å². The van der Waals surface area contributed by atoms with Gasteiger partial charge in [0.15, 0.2) is 0 Å². The number of carbonyl (C=O) groups excluding carboxylic acids is 4. The van der Waals surface area contributed by atoms with Gasteiger partial charge in [0.05, 0.1) is 35.7 Å². The zero-order valence-corrected chi connectivity index (χ0v) is 36.3. The van der Waals surface area contributed by atoms with Gasteiger partial charge in [-0.2, -0.15) is 0 Å². The van der Waals surface area contributed by atoms with Gasteiger partial charge in [-0.05, 0) is 62.3 Å². The van der Waals surface area contributed by atoms with Crippen LogP contribution >= 0.6 is 0 Å². The number of hydrogen-bond donors (Lipinski definition) is 2. The molecular weight excluding hydrogens is 795 g/mol. The van der Waals surface area contributed by atoms with Crippen molar-refractivity contribution < 1.29 is 37.1 Å². The molecule has 1 saturated carbocycles. The number of carbonyl (C=O) groups is 4. The first kappa shape index (κ1) is 43.3. The van der Waals surface area contributed by atoms with Crippen LogP contribution in [0, 0.1) is 24.2 Å². The Balaban J connectivity index is 1.21. The molecule has 1 aliphatic carbocycles. The number of aryl methyl sites for hydroxylation is 1. The molecule has 13 nitrogen and oxygen atoms in total. The summed E-state index contributed by atoms with van der Waals surface area (Å²) < 4.78 is 41.2. The van der Waals surface area contributed by atoms with Crippen molar-refractivity contribution in [1.82, 2.24) is 24.8 Å². The molecule has 0 unspecified atom stereocenters. The number of methoxy groups -OCH3 is 1. The molecule has 4 amide bonds. The van der Waals surface area contributed by atoms with Gasteiger partial charge in [-0.3, -0.25) is 19.2 Å². The predicted octanol–water partition coefficient (Wildman–Crippen LogP) is 6.20. The van der Waals surface area contributed by atoms with E-state index in [4.69, 9.17) is 14.5 Å². The Morgan fingerprint density at radius 3 is 2.33 bits per heavy atom. The highest BCUT2D eigenvalue weighted by Gasteiger charge is 2.61. The molecule has 3 aromatic carbocycles. The normalized spacial score (nSPS) is 22.0. The first-order valence-corrected chi connectivity index (χ1v) is 22.4. The number of likely N-dealkylation sites (tertiary alicyclic amines) is 2. The Hall–Kier alpha value is -5.76. The number of aromatic nitrogens is 1. The van der Waals surface area contributed by atoms with E-state index in [0.29, 0.717) is 41.2 Å². The van der Waals surface area contributed by atoms with Crippen LogP contribution < -0.4 is 19.5 Å². The summed E-state index contributed by atoms with van der Waals surface area (Å²) >= 11 is 0. The van der Waals surface area contributed by atoms with Crippen LogP contribution in [0.2, 0.25) is 0 Å². The van der Waals surface area contributed by atoms with Gasteiger partial charge in [0.2, 0.25) is 17.7 Å². The lowest BCUT2D eigenvalue weighted by molar-refractivity contribution is -0.148. The van der Waals surface area contributed by atoms with Crippen molar-refractivity contribution in [3.8, 4) is 22.8 Å². The highest BCUT2D eigenvalue weighted by atomic mass is 32.2. The second kappa shape index (κ2) is 17.3. The van der Waals surface area contributed by atoms with Crippen LogP contribution in [0.15, 0.2) is 96.4 Å². The van der Waals surface area contributed by atoms with Gasteiger partial charge in [0, 0.05) is 54.9 Å². The van der Waals surface area contributed by atoms with Crippen LogP contribution in [-0.4, -0.2) is 91.3 Å². The lowest BCUT2D eigenvalue weighted by atomic mass is 9.77. The van der Waals surface area contributed by atoms with E-state index in [9.17, 15) is 27.6 Å². The molecule has 61 heavy (non-hydrogen) atoms. The fourth-order valence-corrected chi connectivity index (χ4v) is 9.49. The summed E-state index contributed by atoms with van der Waals surface area (Å²) in [5.41, 5.74) is 0.695. The maximum atomic E-state index is 15.0. The first-order chi connectivity index (χ1) is 29.0. The Morgan fingerprint density at radius 1 is 0.984 bits per heavy atom. The molecule has 5 atom stereocenters. The van der Waals surface area contributed by atoms with E-state index in [1.54, 1.807) is 19.2 Å². The third kappa shape index (κ3) is 9.29. The number of nitrogens with zero attached hydrogens (tertiary/aromatic N) is 3. The number of sulfonamides is 1. The first-order valence-electron chi connectivity index (χ1n) is 20.9. The van der Waals surface area contributed by atoms with E-state index in [-0.39, 0.29) is 42.5 Å². The summed E-state index contributed by atoms with van der Waals surface area (Å²) in [6.07, 6.45) is 3.81. The lowest BCUT2D eigenvalue weighted by Gasteiger charge is -2.36. The molecule has 3 heterocycles. The molecular formula is C47H55N5O8S. The van der Waals surface area contributed by atoms with Crippen molar-refractivity contribution in [3.05, 3.63) is 97.1 Å². The van der Waals surface area contributed by atoms with Crippen molar-refractivity contribution in [2.45, 2.75) is 88.8 Å². The Bertz CT molecular complexity index is 2430. The van der Waals surface area contributed by atoms with Gasteiger partial charge >= 0.3 is 0 Å². The molecule has 1 aromatic heterocycles. The molecule has 0 bridgehead atoms. The molecule has 2 aliphatic heterocycles. The molecule has 4 aromatic rings. The summed E-state index contributed by atoms with van der Waals surface area (Å²) in [7, 11) is -2.71. The summed E-state index contributed by atoms with van der Waals surface area (Å²) in [5, 5.41) is 3.57. The van der Waals surface area contributed by atoms with Crippen LogP contribution in [0.4, 0.5) is 0 Å². The molecule has 0 radical (unpaired) electrons. The van der Waals surface area contributed by atoms with Crippen molar-refractivity contribution in [2.24, 2.45) is 17.3 Å². The zero-order valence-electron chi connectivity index (χ0n) is 35.5. The maximum Gasteiger partial charge on any atom is 0.264 e. The molecule has 322 valence electrons. The second-order valence-electron chi connectivity index (χ2n) is 17.6. The van der Waals surface area contributed by atoms with E-state index >= 15 is 0 Å². The van der Waals surface area contributed by atoms with Crippen LogP contribution in [0.1, 0.15) is 64.9 Å². The maximum absolute atomic E-state index is 15.0. The van der Waals surface area contributed by atoms with Crippen molar-refractivity contribution in [3.63, 3.8) is 0 Å². The number of fused-ring (bicyclic) bond motifs is 1. The van der Waals surface area contributed by atoms with E-state index in [2.05, 4.69) is 16.6 Å². The van der Waals surface area contributed by atoms with Crippen LogP contribution in [0.3, 0.4) is 0 Å². The summed E-state index contributed by atoms with van der Waals surface area (Å²) in [5.74, 6) is -2.28. The summed E-state index contributed by atoms with van der Waals surface area (Å²) in [6.45, 7) is 12.7. The van der Waals surface area contributed by atoms with Gasteiger partial charge in [-0.15, -0.1) is 6.58 Å². The highest BCUT2D eigenvalue weighted by molar-refractivity contribution is 7.90. The average molecular weight is 850 g/mol. The topological polar surface area (TPSA) is 164 Å². The quantitative estimate of drug-likeness (QED) is 0.149. The van der Waals surface area contributed by atoms with E-state index < -0.39 is 56.8 Å². The minimum absolute atomic E-state index is 0.00787. The summed E-state index contributed by atoms with van der Waals surface area (Å²) in [4.78, 5) is 65.4. The number of ether oxygens (including phenoxy) is 2. The number of nitrogens with one attached hydrogen (secondary N) is 2. The predicted molar refractivity (Wildman–Crippen MR) is 232 cm³/mol. The molecule has 14 heteroatoms. The smallest absolute Gasteiger partial charge is 0.264 e. The molecule has 3 aliphatic rings. The zero-order chi connectivity index (χ0) is 43.7. The number of piperidine rings is 1. The minimum atomic E-state index is -4.29. The Kier molecular flexibility index (Phi) is 12.3. The summed E-state index contributed by atoms with van der Waals surface area (Å²) in [6, 6.07) is 21.9. The molecule has 3 fully saturated rings. The fourth-order valence-electron chi connectivity index (χ4n) is 8.45. The molecule has 7 rings (SSSR count). The van der Waals surface area contributed by atoms with Gasteiger partial charge in [-0.1, -0.05) is 74.9 Å². The van der Waals surface area contributed by atoms with E-state index in [1.807, 2.05) is 87.2 Å². The number of hydrogen-bond acceptors (Lipinski definition) is 9. The average Bonchev–Trinajstić information content (AvgIpc) is 3.81. The van der Waals surface area contributed by atoms with Gasteiger partial charge in [-0.25, -0.2) is 18.1 Å². The SMILES string of the molecule is C=C[C@@H]1C[C@]1(NC(=O)[C@@H]1C[C@@H](Oc2cc(-c3ccccc3)nc3cc(OC)ccc23)CN1C(=O)[C@@H](CC(=O)N1CCCCC1)C(C)(C)C)C(=O)NS(=O)(=O)c1ccc(C)cc1. The van der Waals surface area contributed by atoms with E-state index in [0.717, 1.165) is 30.4 Å². The Labute approximate surface area is 357 Å². The standard InChI is InChI=1S/C47H55N5O8S/c1-7-32-28-47(32,45(56)50-61(57,58)35-19-16-30(2)17-20-35)49-43(54)40-25-34(29-52(40)44(55)37(46(3,4)5)26-42(53)51-22-12-9-13-23-51)60-41-27-38(31-14-10-8-11-15-31)48-39-24-33(59-6)18-21-36(39)41/h7-8,10-11,14-21,24,27,32,34,37,40H,1,9,12-13,22-23,25-26,28-29H2,2-6H3,(H,49,54)(H,50,56)/t32-,34-,37-,40+,47-/m1/s1. The van der Waals surface area contributed by atoms with Crippen LogP contribution in [-0.2, 0) is 29.2 Å². The third-order valence-corrected chi connectivity index (χ3v) is 13.6.